The van der Waals surface area contributed by atoms with E-state index in [0.717, 1.165) is 6.42 Å². The fraction of sp³-hybridized carbons (Fsp3) is 0.111. The van der Waals surface area contributed by atoms with Crippen LogP contribution in [-0.2, 0) is 0 Å². The number of likely N-dealkylation sites (N-methyl/N-ethyl adjacent to an activating group) is 1. The maximum absolute atomic E-state index is 2.31. The van der Waals surface area contributed by atoms with Crippen LogP contribution in [0.25, 0.3) is 16.7 Å². The van der Waals surface area contributed by atoms with E-state index in [-0.39, 0.29) is 0 Å². The van der Waals surface area contributed by atoms with Crippen molar-refractivity contribution < 1.29 is 0 Å². The standard InChI is InChI=1S/C18H15N/c1-19-17-11-5-4-9-15(17)13-7-2-3-8-14(13)16-10-6-12-18(16)19/h2-9,11-12H,10H2,1H3. The number of benzene rings is 2. The SMILES string of the molecule is CN1C2=C(CC=C2)c2ccccc2-c2ccccc21. The Bertz CT molecular complexity index is 722. The van der Waals surface area contributed by atoms with Gasteiger partial charge < -0.3 is 4.90 Å². The first-order valence-electron chi connectivity index (χ1n) is 6.68. The summed E-state index contributed by atoms with van der Waals surface area (Å²) in [5.41, 5.74) is 8.10. The smallest absolute Gasteiger partial charge is 0.0488 e. The van der Waals surface area contributed by atoms with E-state index in [9.17, 15) is 0 Å². The molecule has 0 unspecified atom stereocenters. The topological polar surface area (TPSA) is 3.24 Å². The lowest BCUT2D eigenvalue weighted by molar-refractivity contribution is 1.15. The number of fused-ring (bicyclic) bond motifs is 4. The van der Waals surface area contributed by atoms with Gasteiger partial charge in [0.1, 0.15) is 0 Å². The molecule has 0 bridgehead atoms. The second-order valence-corrected chi connectivity index (χ2v) is 5.09. The summed E-state index contributed by atoms with van der Waals surface area (Å²) in [7, 11) is 2.16. The van der Waals surface area contributed by atoms with Crippen LogP contribution in [0.1, 0.15) is 12.0 Å². The molecule has 0 saturated heterocycles. The molecule has 2 aromatic rings. The number of anilines is 1. The minimum absolute atomic E-state index is 1.03. The van der Waals surface area contributed by atoms with Crippen LogP contribution in [-0.4, -0.2) is 7.05 Å². The fourth-order valence-electron chi connectivity index (χ4n) is 3.16. The first-order chi connectivity index (χ1) is 9.36. The predicted octanol–water partition coefficient (Wildman–Crippen LogP) is 4.47. The van der Waals surface area contributed by atoms with Crippen molar-refractivity contribution in [2.75, 3.05) is 11.9 Å². The van der Waals surface area contributed by atoms with Crippen LogP contribution in [0.3, 0.4) is 0 Å². The molecule has 0 aromatic heterocycles. The van der Waals surface area contributed by atoms with Gasteiger partial charge in [-0.05, 0) is 35.3 Å². The Morgan fingerprint density at radius 3 is 2.37 bits per heavy atom. The summed E-state index contributed by atoms with van der Waals surface area (Å²) in [6.07, 6.45) is 5.53. The van der Waals surface area contributed by atoms with Crippen LogP contribution >= 0.6 is 0 Å². The maximum atomic E-state index is 2.31. The highest BCUT2D eigenvalue weighted by molar-refractivity contribution is 5.95. The molecule has 1 heterocycles. The monoisotopic (exact) mass is 245 g/mol. The Hall–Kier alpha value is -2.28. The molecule has 0 atom stereocenters. The number of para-hydroxylation sites is 1. The van der Waals surface area contributed by atoms with Crippen molar-refractivity contribution in [1.82, 2.24) is 0 Å². The van der Waals surface area contributed by atoms with Gasteiger partial charge in [0.2, 0.25) is 0 Å². The molecule has 2 aliphatic rings. The van der Waals surface area contributed by atoms with Gasteiger partial charge in [-0.15, -0.1) is 0 Å². The molecule has 92 valence electrons. The van der Waals surface area contributed by atoms with E-state index in [1.165, 1.54) is 33.6 Å². The van der Waals surface area contributed by atoms with Crippen LogP contribution in [0, 0.1) is 0 Å². The Morgan fingerprint density at radius 1 is 0.842 bits per heavy atom. The average Bonchev–Trinajstić information content (AvgIpc) is 2.92. The van der Waals surface area contributed by atoms with Gasteiger partial charge in [-0.1, -0.05) is 48.5 Å². The van der Waals surface area contributed by atoms with E-state index >= 15 is 0 Å². The molecule has 19 heavy (non-hydrogen) atoms. The number of rotatable bonds is 0. The van der Waals surface area contributed by atoms with Gasteiger partial charge >= 0.3 is 0 Å². The highest BCUT2D eigenvalue weighted by atomic mass is 15.1. The minimum Gasteiger partial charge on any atom is -0.344 e. The van der Waals surface area contributed by atoms with E-state index in [1.54, 1.807) is 0 Å². The highest BCUT2D eigenvalue weighted by Crippen LogP contribution is 2.44. The zero-order valence-electron chi connectivity index (χ0n) is 10.9. The van der Waals surface area contributed by atoms with Crippen LogP contribution in [0.15, 0.2) is 66.4 Å². The van der Waals surface area contributed by atoms with E-state index in [1.807, 2.05) is 0 Å². The summed E-state index contributed by atoms with van der Waals surface area (Å²) in [6, 6.07) is 17.4. The van der Waals surface area contributed by atoms with Crippen LogP contribution in [0.4, 0.5) is 5.69 Å². The maximum Gasteiger partial charge on any atom is 0.0488 e. The van der Waals surface area contributed by atoms with Crippen LogP contribution < -0.4 is 4.90 Å². The number of allylic oxidation sites excluding steroid dienone is 3. The van der Waals surface area contributed by atoms with Gasteiger partial charge in [0.15, 0.2) is 0 Å². The normalized spacial score (nSPS) is 15.9. The van der Waals surface area contributed by atoms with Gasteiger partial charge in [0.25, 0.3) is 0 Å². The molecule has 1 aliphatic carbocycles. The lowest BCUT2D eigenvalue weighted by atomic mass is 9.94. The van der Waals surface area contributed by atoms with E-state index in [2.05, 4.69) is 72.6 Å². The second kappa shape index (κ2) is 3.86. The summed E-state index contributed by atoms with van der Waals surface area (Å²) in [4.78, 5) is 2.31. The van der Waals surface area contributed by atoms with Gasteiger partial charge in [0, 0.05) is 24.0 Å². The molecule has 4 rings (SSSR count). The van der Waals surface area contributed by atoms with Crippen molar-refractivity contribution in [1.29, 1.82) is 0 Å². The third-order valence-corrected chi connectivity index (χ3v) is 4.08. The van der Waals surface area contributed by atoms with Gasteiger partial charge in [0.05, 0.1) is 0 Å². The zero-order valence-corrected chi connectivity index (χ0v) is 10.9. The first kappa shape index (κ1) is 10.6. The number of hydrogen-bond donors (Lipinski definition) is 0. The lowest BCUT2D eigenvalue weighted by Crippen LogP contribution is -2.14. The largest absolute Gasteiger partial charge is 0.344 e. The Balaban J connectivity index is 2.12. The molecule has 2 aromatic carbocycles. The van der Waals surface area contributed by atoms with Crippen molar-refractivity contribution in [3.8, 4) is 11.1 Å². The number of nitrogens with zero attached hydrogens (tertiary/aromatic N) is 1. The molecule has 0 saturated carbocycles. The van der Waals surface area contributed by atoms with Crippen molar-refractivity contribution in [3.05, 3.63) is 71.9 Å². The molecule has 1 aliphatic heterocycles. The van der Waals surface area contributed by atoms with E-state index < -0.39 is 0 Å². The Labute approximate surface area is 113 Å². The third-order valence-electron chi connectivity index (χ3n) is 4.08. The zero-order chi connectivity index (χ0) is 12.8. The van der Waals surface area contributed by atoms with Crippen LogP contribution in [0.5, 0.6) is 0 Å². The van der Waals surface area contributed by atoms with Gasteiger partial charge in [-0.25, -0.2) is 0 Å². The van der Waals surface area contributed by atoms with Crippen molar-refractivity contribution in [2.45, 2.75) is 6.42 Å². The van der Waals surface area contributed by atoms with E-state index in [0.29, 0.717) is 0 Å². The summed E-state index contributed by atoms with van der Waals surface area (Å²) >= 11 is 0. The molecule has 0 fully saturated rings. The predicted molar refractivity (Wildman–Crippen MR) is 81.0 cm³/mol. The fourth-order valence-corrected chi connectivity index (χ4v) is 3.16. The molecule has 0 radical (unpaired) electrons. The van der Waals surface area contributed by atoms with E-state index in [4.69, 9.17) is 0 Å². The summed E-state index contributed by atoms with van der Waals surface area (Å²) < 4.78 is 0. The molecule has 0 amide bonds. The summed E-state index contributed by atoms with van der Waals surface area (Å²) in [6.45, 7) is 0. The summed E-state index contributed by atoms with van der Waals surface area (Å²) in [5.74, 6) is 0. The molecule has 0 N–H and O–H groups in total. The van der Waals surface area contributed by atoms with Crippen LogP contribution in [0.2, 0.25) is 0 Å². The molecular formula is C18H15N. The minimum atomic E-state index is 1.03. The first-order valence-corrected chi connectivity index (χ1v) is 6.68. The molecular weight excluding hydrogens is 230 g/mol. The quantitative estimate of drug-likeness (QED) is 0.661. The average molecular weight is 245 g/mol. The Kier molecular flexibility index (Phi) is 2.16. The van der Waals surface area contributed by atoms with Crippen molar-refractivity contribution >= 4 is 11.3 Å². The molecule has 1 heteroatoms. The van der Waals surface area contributed by atoms with Gasteiger partial charge in [-0.3, -0.25) is 0 Å². The molecule has 0 spiro atoms. The van der Waals surface area contributed by atoms with Crippen molar-refractivity contribution in [3.63, 3.8) is 0 Å². The second-order valence-electron chi connectivity index (χ2n) is 5.09. The lowest BCUT2D eigenvalue weighted by Gasteiger charge is -2.21. The third kappa shape index (κ3) is 1.42. The number of hydrogen-bond acceptors (Lipinski definition) is 1. The van der Waals surface area contributed by atoms with Gasteiger partial charge in [-0.2, -0.15) is 0 Å². The Morgan fingerprint density at radius 2 is 1.53 bits per heavy atom. The molecule has 1 nitrogen and oxygen atoms in total. The highest BCUT2D eigenvalue weighted by Gasteiger charge is 2.24. The van der Waals surface area contributed by atoms with Crippen molar-refractivity contribution in [2.24, 2.45) is 0 Å². The summed E-state index contributed by atoms with van der Waals surface area (Å²) in [5, 5.41) is 0.